The zero-order chi connectivity index (χ0) is 22.9. The monoisotopic (exact) mass is 445 g/mol. The number of nitrogens with one attached hydrogen (secondary N) is 3. The Balaban J connectivity index is 1.32. The highest BCUT2D eigenvalue weighted by Gasteiger charge is 2.22. The quantitative estimate of drug-likeness (QED) is 0.603. The molecule has 0 radical (unpaired) electrons. The van der Waals surface area contributed by atoms with E-state index in [1.807, 2.05) is 4.90 Å². The van der Waals surface area contributed by atoms with Gasteiger partial charge < -0.3 is 20.9 Å². The minimum absolute atomic E-state index is 0.139. The van der Waals surface area contributed by atoms with Crippen molar-refractivity contribution in [2.45, 2.75) is 6.54 Å². The highest BCUT2D eigenvalue weighted by molar-refractivity contribution is 5.92. The van der Waals surface area contributed by atoms with Gasteiger partial charge in [0.25, 0.3) is 0 Å². The van der Waals surface area contributed by atoms with E-state index in [1.54, 1.807) is 17.0 Å². The second kappa shape index (κ2) is 11.2. The maximum atomic E-state index is 12.9. The van der Waals surface area contributed by atoms with E-state index in [4.69, 9.17) is 0 Å². The van der Waals surface area contributed by atoms with Gasteiger partial charge in [0.1, 0.15) is 11.6 Å². The van der Waals surface area contributed by atoms with Gasteiger partial charge >= 0.3 is 6.03 Å². The first kappa shape index (κ1) is 23.1. The molecule has 2 aromatic carbocycles. The summed E-state index contributed by atoms with van der Waals surface area (Å²) in [6.45, 7) is 2.20. The third-order valence-electron chi connectivity index (χ3n) is 4.99. The molecule has 3 rings (SSSR count). The lowest BCUT2D eigenvalue weighted by molar-refractivity contribution is -0.132. The zero-order valence-electron chi connectivity index (χ0n) is 17.4. The van der Waals surface area contributed by atoms with Crippen LogP contribution >= 0.6 is 0 Å². The predicted octanol–water partition coefficient (Wildman–Crippen LogP) is 1.55. The molecule has 170 valence electrons. The standard InChI is InChI=1S/C22H25F2N5O3/c23-17-3-1-16(2-4-17)13-25-22(32)26-14-21(31)29-11-9-28(10-12-29)15-20(30)27-19-7-5-18(24)6-8-19/h1-8H,9-15H2,(H,27,30)(H2,25,26,32). The average Bonchev–Trinajstić information content (AvgIpc) is 2.79. The van der Waals surface area contributed by atoms with E-state index in [-0.39, 0.29) is 43.1 Å². The molecule has 8 nitrogen and oxygen atoms in total. The summed E-state index contributed by atoms with van der Waals surface area (Å²) in [6, 6.07) is 10.8. The maximum absolute atomic E-state index is 12.9. The number of urea groups is 1. The van der Waals surface area contributed by atoms with E-state index < -0.39 is 6.03 Å². The lowest BCUT2D eigenvalue weighted by Gasteiger charge is -2.34. The molecule has 0 saturated carbocycles. The number of halogens is 2. The molecule has 32 heavy (non-hydrogen) atoms. The normalized spacial score (nSPS) is 14.0. The molecule has 1 heterocycles. The van der Waals surface area contributed by atoms with Gasteiger partial charge in [-0.2, -0.15) is 0 Å². The minimum Gasteiger partial charge on any atom is -0.339 e. The molecule has 10 heteroatoms. The third kappa shape index (κ3) is 7.31. The lowest BCUT2D eigenvalue weighted by Crippen LogP contribution is -2.53. The molecular formula is C22H25F2N5O3. The Bertz CT molecular complexity index is 930. The van der Waals surface area contributed by atoms with Crippen LogP contribution in [0.5, 0.6) is 0 Å². The number of hydrogen-bond donors (Lipinski definition) is 3. The fourth-order valence-corrected chi connectivity index (χ4v) is 3.21. The fourth-order valence-electron chi connectivity index (χ4n) is 3.21. The van der Waals surface area contributed by atoms with Crippen LogP contribution in [-0.2, 0) is 16.1 Å². The van der Waals surface area contributed by atoms with Crippen LogP contribution in [0.4, 0.5) is 19.3 Å². The van der Waals surface area contributed by atoms with E-state index in [0.717, 1.165) is 5.56 Å². The minimum atomic E-state index is -0.487. The molecule has 3 N–H and O–H groups in total. The van der Waals surface area contributed by atoms with Crippen molar-refractivity contribution in [1.82, 2.24) is 20.4 Å². The zero-order valence-corrected chi connectivity index (χ0v) is 17.4. The maximum Gasteiger partial charge on any atom is 0.315 e. The van der Waals surface area contributed by atoms with Crippen molar-refractivity contribution in [3.8, 4) is 0 Å². The molecule has 1 saturated heterocycles. The first-order valence-corrected chi connectivity index (χ1v) is 10.2. The molecule has 1 aliphatic rings. The number of carbonyl (C=O) groups is 3. The SMILES string of the molecule is O=C(CN1CCN(C(=O)CNC(=O)NCc2ccc(F)cc2)CC1)Nc1ccc(F)cc1. The summed E-state index contributed by atoms with van der Waals surface area (Å²) in [6.07, 6.45) is 0. The van der Waals surface area contributed by atoms with Gasteiger partial charge in [-0.1, -0.05) is 12.1 Å². The fraction of sp³-hybridized carbons (Fsp3) is 0.318. The molecule has 0 aromatic heterocycles. The smallest absolute Gasteiger partial charge is 0.315 e. The Kier molecular flexibility index (Phi) is 8.09. The number of carbonyl (C=O) groups excluding carboxylic acids is 3. The first-order chi connectivity index (χ1) is 15.4. The Morgan fingerprint density at radius 2 is 1.41 bits per heavy atom. The van der Waals surface area contributed by atoms with Crippen molar-refractivity contribution in [2.24, 2.45) is 0 Å². The van der Waals surface area contributed by atoms with Crippen LogP contribution < -0.4 is 16.0 Å². The Hall–Kier alpha value is -3.53. The second-order valence-corrected chi connectivity index (χ2v) is 7.37. The Morgan fingerprint density at radius 1 is 0.812 bits per heavy atom. The van der Waals surface area contributed by atoms with Crippen molar-refractivity contribution < 1.29 is 23.2 Å². The van der Waals surface area contributed by atoms with Gasteiger partial charge in [-0.3, -0.25) is 14.5 Å². The highest BCUT2D eigenvalue weighted by Crippen LogP contribution is 2.09. The summed E-state index contributed by atoms with van der Waals surface area (Å²) in [5.41, 5.74) is 1.27. The van der Waals surface area contributed by atoms with Crippen molar-refractivity contribution in [3.05, 3.63) is 65.7 Å². The van der Waals surface area contributed by atoms with Crippen LogP contribution in [0.1, 0.15) is 5.56 Å². The van der Waals surface area contributed by atoms with Crippen molar-refractivity contribution in [2.75, 3.05) is 44.6 Å². The predicted molar refractivity (Wildman–Crippen MR) is 115 cm³/mol. The van der Waals surface area contributed by atoms with Crippen LogP contribution in [0.3, 0.4) is 0 Å². The number of anilines is 1. The molecule has 0 aliphatic carbocycles. The Labute approximate surface area is 184 Å². The summed E-state index contributed by atoms with van der Waals surface area (Å²) >= 11 is 0. The van der Waals surface area contributed by atoms with Crippen LogP contribution in [0.25, 0.3) is 0 Å². The van der Waals surface area contributed by atoms with Gasteiger partial charge in [-0.05, 0) is 42.0 Å². The van der Waals surface area contributed by atoms with Gasteiger partial charge in [0.05, 0.1) is 13.1 Å². The van der Waals surface area contributed by atoms with Crippen LogP contribution in [0.15, 0.2) is 48.5 Å². The number of amides is 4. The van der Waals surface area contributed by atoms with Crippen LogP contribution in [-0.4, -0.2) is 66.9 Å². The van der Waals surface area contributed by atoms with Gasteiger partial charge in [0, 0.05) is 38.4 Å². The van der Waals surface area contributed by atoms with Gasteiger partial charge in [-0.25, -0.2) is 13.6 Å². The largest absolute Gasteiger partial charge is 0.339 e. The molecule has 4 amide bonds. The van der Waals surface area contributed by atoms with Gasteiger partial charge in [0.15, 0.2) is 0 Å². The van der Waals surface area contributed by atoms with Gasteiger partial charge in [0.2, 0.25) is 11.8 Å². The number of piperazine rings is 1. The molecule has 1 fully saturated rings. The summed E-state index contributed by atoms with van der Waals surface area (Å²) in [7, 11) is 0. The number of benzene rings is 2. The first-order valence-electron chi connectivity index (χ1n) is 10.2. The van der Waals surface area contributed by atoms with Crippen molar-refractivity contribution in [1.29, 1.82) is 0 Å². The van der Waals surface area contributed by atoms with Gasteiger partial charge in [-0.15, -0.1) is 0 Å². The topological polar surface area (TPSA) is 93.8 Å². The Morgan fingerprint density at radius 3 is 2.03 bits per heavy atom. The van der Waals surface area contributed by atoms with Crippen molar-refractivity contribution >= 4 is 23.5 Å². The van der Waals surface area contributed by atoms with E-state index in [1.165, 1.54) is 36.4 Å². The average molecular weight is 445 g/mol. The number of hydrogen-bond acceptors (Lipinski definition) is 4. The summed E-state index contributed by atoms with van der Waals surface area (Å²) in [5.74, 6) is -1.14. The molecule has 2 aromatic rings. The van der Waals surface area contributed by atoms with Crippen LogP contribution in [0, 0.1) is 11.6 Å². The number of nitrogens with zero attached hydrogens (tertiary/aromatic N) is 2. The number of rotatable bonds is 7. The summed E-state index contributed by atoms with van der Waals surface area (Å²) in [4.78, 5) is 39.9. The van der Waals surface area contributed by atoms with Crippen molar-refractivity contribution in [3.63, 3.8) is 0 Å². The highest BCUT2D eigenvalue weighted by atomic mass is 19.1. The van der Waals surface area contributed by atoms with E-state index in [0.29, 0.717) is 31.9 Å². The summed E-state index contributed by atoms with van der Waals surface area (Å²) < 4.78 is 25.8. The second-order valence-electron chi connectivity index (χ2n) is 7.37. The molecular weight excluding hydrogens is 420 g/mol. The molecule has 0 spiro atoms. The third-order valence-corrected chi connectivity index (χ3v) is 4.99. The molecule has 0 bridgehead atoms. The van der Waals surface area contributed by atoms with E-state index in [2.05, 4.69) is 16.0 Å². The van der Waals surface area contributed by atoms with Crippen LogP contribution in [0.2, 0.25) is 0 Å². The van der Waals surface area contributed by atoms with E-state index in [9.17, 15) is 23.2 Å². The lowest BCUT2D eigenvalue weighted by atomic mass is 10.2. The molecule has 1 aliphatic heterocycles. The van der Waals surface area contributed by atoms with E-state index >= 15 is 0 Å². The summed E-state index contributed by atoms with van der Waals surface area (Å²) in [5, 5.41) is 7.84. The molecule has 0 atom stereocenters. The molecule has 0 unspecified atom stereocenters.